The third kappa shape index (κ3) is 2.41. The van der Waals surface area contributed by atoms with Crippen LogP contribution in [0.25, 0.3) is 4.85 Å². The summed E-state index contributed by atoms with van der Waals surface area (Å²) in [4.78, 5) is 5.47. The zero-order chi connectivity index (χ0) is 12.3. The molecule has 3 heteroatoms. The smallest absolute Gasteiger partial charge is 0.210 e. The van der Waals surface area contributed by atoms with Crippen LogP contribution >= 0.6 is 11.6 Å². The van der Waals surface area contributed by atoms with Crippen molar-refractivity contribution in [3.63, 3.8) is 0 Å². The minimum absolute atomic E-state index is 0.598. The first kappa shape index (κ1) is 11.5. The van der Waals surface area contributed by atoms with E-state index in [1.165, 1.54) is 0 Å². The summed E-state index contributed by atoms with van der Waals surface area (Å²) in [5, 5.41) is 0.634. The zero-order valence-electron chi connectivity index (χ0n) is 9.39. The first-order chi connectivity index (χ1) is 8.22. The highest BCUT2D eigenvalue weighted by Crippen LogP contribution is 2.34. The number of hydrogen-bond acceptors (Lipinski definition) is 1. The number of anilines is 2. The van der Waals surface area contributed by atoms with Crippen molar-refractivity contribution in [1.82, 2.24) is 0 Å². The van der Waals surface area contributed by atoms with E-state index in [1.807, 2.05) is 48.3 Å². The third-order valence-corrected chi connectivity index (χ3v) is 2.80. The molecule has 0 unspecified atom stereocenters. The van der Waals surface area contributed by atoms with Gasteiger partial charge in [-0.1, -0.05) is 41.9 Å². The number of nitrogens with zero attached hydrogens (tertiary/aromatic N) is 2. The lowest BCUT2D eigenvalue weighted by atomic mass is 10.2. The molecule has 0 spiro atoms. The Morgan fingerprint density at radius 1 is 1.12 bits per heavy atom. The maximum atomic E-state index is 7.17. The van der Waals surface area contributed by atoms with Gasteiger partial charge in [0.05, 0.1) is 6.57 Å². The Hall–Kier alpha value is -1.98. The maximum absolute atomic E-state index is 7.17. The summed E-state index contributed by atoms with van der Waals surface area (Å²) in [6.07, 6.45) is 0. The summed E-state index contributed by atoms with van der Waals surface area (Å²) in [6, 6.07) is 15.2. The predicted molar refractivity (Wildman–Crippen MR) is 72.2 cm³/mol. The molecule has 17 heavy (non-hydrogen) atoms. The van der Waals surface area contributed by atoms with Gasteiger partial charge < -0.3 is 4.90 Å². The van der Waals surface area contributed by atoms with Crippen molar-refractivity contribution in [2.75, 3.05) is 11.9 Å². The van der Waals surface area contributed by atoms with Gasteiger partial charge in [0.15, 0.2) is 0 Å². The summed E-state index contributed by atoms with van der Waals surface area (Å²) in [6.45, 7) is 7.17. The fraction of sp³-hybridized carbons (Fsp3) is 0.0714. The fourth-order valence-electron chi connectivity index (χ4n) is 1.65. The van der Waals surface area contributed by atoms with Crippen LogP contribution in [0.5, 0.6) is 0 Å². The Labute approximate surface area is 106 Å². The number of halogens is 1. The van der Waals surface area contributed by atoms with Gasteiger partial charge in [-0.3, -0.25) is 0 Å². The lowest BCUT2D eigenvalue weighted by Gasteiger charge is -2.21. The molecule has 2 nitrogen and oxygen atoms in total. The van der Waals surface area contributed by atoms with Crippen LogP contribution in [0.2, 0.25) is 5.02 Å². The zero-order valence-corrected chi connectivity index (χ0v) is 10.1. The van der Waals surface area contributed by atoms with E-state index in [0.29, 0.717) is 10.7 Å². The van der Waals surface area contributed by atoms with Gasteiger partial charge in [0, 0.05) is 23.4 Å². The van der Waals surface area contributed by atoms with Crippen LogP contribution < -0.4 is 4.90 Å². The number of hydrogen-bond donors (Lipinski definition) is 0. The second kappa shape index (κ2) is 4.90. The van der Waals surface area contributed by atoms with E-state index in [4.69, 9.17) is 18.2 Å². The van der Waals surface area contributed by atoms with E-state index in [2.05, 4.69) is 4.85 Å². The van der Waals surface area contributed by atoms with Crippen LogP contribution in [0.15, 0.2) is 48.5 Å². The number of rotatable bonds is 2. The molecule has 0 aliphatic rings. The summed E-state index contributed by atoms with van der Waals surface area (Å²) in [5.41, 5.74) is 2.44. The van der Waals surface area contributed by atoms with Gasteiger partial charge in [-0.15, -0.1) is 0 Å². The van der Waals surface area contributed by atoms with Crippen molar-refractivity contribution < 1.29 is 0 Å². The van der Waals surface area contributed by atoms with Crippen LogP contribution in [-0.4, -0.2) is 7.05 Å². The minimum Gasteiger partial charge on any atom is -0.354 e. The van der Waals surface area contributed by atoms with Crippen LogP contribution in [-0.2, 0) is 0 Å². The SMILES string of the molecule is [C-]#[N+]c1ccc(Cl)cc1N(C)c1ccccc1. The van der Waals surface area contributed by atoms with Gasteiger partial charge in [-0.25, -0.2) is 4.85 Å². The van der Waals surface area contributed by atoms with Crippen LogP contribution in [0, 0.1) is 6.57 Å². The van der Waals surface area contributed by atoms with Crippen molar-refractivity contribution in [2.45, 2.75) is 0 Å². The Bertz CT molecular complexity index is 558. The van der Waals surface area contributed by atoms with E-state index in [-0.39, 0.29) is 0 Å². The highest BCUT2D eigenvalue weighted by atomic mass is 35.5. The molecular weight excluding hydrogens is 232 g/mol. The predicted octanol–water partition coefficient (Wildman–Crippen LogP) is 4.66. The summed E-state index contributed by atoms with van der Waals surface area (Å²) in [5.74, 6) is 0. The molecule has 0 aliphatic heterocycles. The second-order valence-corrected chi connectivity index (χ2v) is 4.08. The first-order valence-corrected chi connectivity index (χ1v) is 5.56. The average molecular weight is 243 g/mol. The van der Waals surface area contributed by atoms with Crippen molar-refractivity contribution in [3.05, 3.63) is 65.0 Å². The Morgan fingerprint density at radius 2 is 1.82 bits per heavy atom. The van der Waals surface area contributed by atoms with E-state index in [0.717, 1.165) is 11.4 Å². The molecule has 0 saturated heterocycles. The highest BCUT2D eigenvalue weighted by molar-refractivity contribution is 6.31. The van der Waals surface area contributed by atoms with Crippen molar-refractivity contribution in [3.8, 4) is 0 Å². The topological polar surface area (TPSA) is 7.60 Å². The van der Waals surface area contributed by atoms with E-state index in [1.54, 1.807) is 12.1 Å². The van der Waals surface area contributed by atoms with Gasteiger partial charge in [0.1, 0.15) is 0 Å². The maximum Gasteiger partial charge on any atom is 0.210 e. The molecule has 2 aromatic rings. The molecule has 0 fully saturated rings. The lowest BCUT2D eigenvalue weighted by molar-refractivity contribution is 1.21. The Balaban J connectivity index is 2.47. The third-order valence-electron chi connectivity index (χ3n) is 2.56. The molecule has 2 aromatic carbocycles. The van der Waals surface area contributed by atoms with Crippen molar-refractivity contribution in [1.29, 1.82) is 0 Å². The molecule has 0 amide bonds. The minimum atomic E-state index is 0.598. The molecule has 0 bridgehead atoms. The molecule has 84 valence electrons. The van der Waals surface area contributed by atoms with E-state index in [9.17, 15) is 0 Å². The first-order valence-electron chi connectivity index (χ1n) is 5.18. The van der Waals surface area contributed by atoms with Gasteiger partial charge in [0.2, 0.25) is 5.69 Å². The summed E-state index contributed by atoms with van der Waals surface area (Å²) >= 11 is 5.98. The standard InChI is InChI=1S/C14H11ClN2/c1-16-13-9-8-11(15)10-14(13)17(2)12-6-4-3-5-7-12/h3-10H,2H3. The molecule has 0 saturated carbocycles. The summed E-state index contributed by atoms with van der Waals surface area (Å²) < 4.78 is 0. The molecule has 0 atom stereocenters. The normalized spacial score (nSPS) is 9.71. The number of para-hydroxylation sites is 1. The Kier molecular flexibility index (Phi) is 3.32. The molecule has 0 radical (unpaired) electrons. The van der Waals surface area contributed by atoms with E-state index >= 15 is 0 Å². The van der Waals surface area contributed by atoms with Crippen LogP contribution in [0.1, 0.15) is 0 Å². The van der Waals surface area contributed by atoms with Crippen molar-refractivity contribution in [2.24, 2.45) is 0 Å². The van der Waals surface area contributed by atoms with Crippen LogP contribution in [0.4, 0.5) is 17.1 Å². The highest BCUT2D eigenvalue weighted by Gasteiger charge is 2.09. The molecule has 2 rings (SSSR count). The van der Waals surface area contributed by atoms with Gasteiger partial charge in [0.25, 0.3) is 0 Å². The molecular formula is C14H11ClN2. The number of benzene rings is 2. The Morgan fingerprint density at radius 3 is 2.47 bits per heavy atom. The molecule has 0 aromatic heterocycles. The monoisotopic (exact) mass is 242 g/mol. The van der Waals surface area contributed by atoms with Gasteiger partial charge in [-0.2, -0.15) is 0 Å². The average Bonchev–Trinajstić information content (AvgIpc) is 2.39. The largest absolute Gasteiger partial charge is 0.354 e. The quantitative estimate of drug-likeness (QED) is 0.695. The second-order valence-electron chi connectivity index (χ2n) is 3.64. The van der Waals surface area contributed by atoms with Gasteiger partial charge >= 0.3 is 0 Å². The lowest BCUT2D eigenvalue weighted by Crippen LogP contribution is -2.09. The van der Waals surface area contributed by atoms with Gasteiger partial charge in [-0.05, 0) is 18.2 Å². The van der Waals surface area contributed by atoms with Crippen molar-refractivity contribution >= 4 is 28.7 Å². The van der Waals surface area contributed by atoms with E-state index < -0.39 is 0 Å². The molecule has 0 heterocycles. The molecule has 0 N–H and O–H groups in total. The summed E-state index contributed by atoms with van der Waals surface area (Å²) in [7, 11) is 1.93. The fourth-order valence-corrected chi connectivity index (χ4v) is 1.82. The van der Waals surface area contributed by atoms with Crippen LogP contribution in [0.3, 0.4) is 0 Å². The molecule has 0 aliphatic carbocycles.